The molecule has 5 N–H and O–H groups in total. The molecule has 0 bridgehead atoms. The number of primary amides is 1. The molecule has 1 amide bonds. The van der Waals surface area contributed by atoms with E-state index in [1.165, 1.54) is 12.7 Å². The average molecular weight is 240 g/mol. The Morgan fingerprint density at radius 3 is 2.35 bits per heavy atom. The van der Waals surface area contributed by atoms with Crippen LogP contribution in [0, 0.1) is 0 Å². The minimum atomic E-state index is -0.745. The first-order valence-electron chi connectivity index (χ1n) is 5.34. The Morgan fingerprint density at radius 1 is 1.41 bits per heavy atom. The van der Waals surface area contributed by atoms with Gasteiger partial charge in [0.1, 0.15) is 0 Å². The summed E-state index contributed by atoms with van der Waals surface area (Å²) < 4.78 is 3.89. The van der Waals surface area contributed by atoms with Crippen LogP contribution in [0.15, 0.2) is 30.3 Å². The summed E-state index contributed by atoms with van der Waals surface area (Å²) in [4.78, 5) is 9.37. The third-order valence-corrected chi connectivity index (χ3v) is 2.08. The van der Waals surface area contributed by atoms with E-state index in [4.69, 9.17) is 10.8 Å². The Balaban J connectivity index is 0.000000437. The molecule has 0 saturated heterocycles. The summed E-state index contributed by atoms with van der Waals surface area (Å²) >= 11 is 0. The molecular formula is C12H20N2O3. The highest BCUT2D eigenvalue weighted by atomic mass is 16.5. The number of rotatable bonds is 4. The molecule has 0 saturated carbocycles. The van der Waals surface area contributed by atoms with Crippen LogP contribution in [0.3, 0.4) is 0 Å². The van der Waals surface area contributed by atoms with Crippen LogP contribution in [0.2, 0.25) is 0 Å². The van der Waals surface area contributed by atoms with Crippen molar-refractivity contribution < 1.29 is 14.6 Å². The fraction of sp³-hybridized carbons (Fsp3) is 0.417. The highest BCUT2D eigenvalue weighted by molar-refractivity contribution is 5.64. The van der Waals surface area contributed by atoms with Crippen molar-refractivity contribution in [3.8, 4) is 0 Å². The van der Waals surface area contributed by atoms with E-state index in [1.54, 1.807) is 0 Å². The first-order valence-corrected chi connectivity index (χ1v) is 5.34. The SMILES string of the molecule is COC(N)=O.NC(CO)CCc1ccccc1. The number of aliphatic hydroxyl groups excluding tert-OH is 1. The average Bonchev–Trinajstić information content (AvgIpc) is 2.37. The molecule has 0 aromatic heterocycles. The Kier molecular flexibility index (Phi) is 8.72. The fourth-order valence-corrected chi connectivity index (χ4v) is 1.09. The fourth-order valence-electron chi connectivity index (χ4n) is 1.09. The summed E-state index contributed by atoms with van der Waals surface area (Å²) in [6.07, 6.45) is 1.05. The molecule has 0 aliphatic heterocycles. The van der Waals surface area contributed by atoms with Gasteiger partial charge in [-0.25, -0.2) is 4.79 Å². The number of nitrogens with two attached hydrogens (primary N) is 2. The molecule has 0 radical (unpaired) electrons. The maximum Gasteiger partial charge on any atom is 0.404 e. The number of amides is 1. The van der Waals surface area contributed by atoms with Crippen molar-refractivity contribution in [3.05, 3.63) is 35.9 Å². The van der Waals surface area contributed by atoms with Gasteiger partial charge in [0.05, 0.1) is 13.7 Å². The third kappa shape index (κ3) is 9.35. The first kappa shape index (κ1) is 15.4. The molecule has 1 atom stereocenters. The largest absolute Gasteiger partial charge is 0.453 e. The van der Waals surface area contributed by atoms with Crippen LogP contribution in [0.25, 0.3) is 0 Å². The van der Waals surface area contributed by atoms with Crippen LogP contribution in [0.5, 0.6) is 0 Å². The summed E-state index contributed by atoms with van der Waals surface area (Å²) in [5.41, 5.74) is 11.3. The topological polar surface area (TPSA) is 98.6 Å². The van der Waals surface area contributed by atoms with Gasteiger partial charge in [0.15, 0.2) is 0 Å². The number of hydrogen-bond acceptors (Lipinski definition) is 4. The minimum absolute atomic E-state index is 0.0762. The standard InChI is InChI=1S/C10H15NO.C2H5NO2/c11-10(8-12)7-6-9-4-2-1-3-5-9;1-5-2(3)4/h1-5,10,12H,6-8,11H2;1H3,(H2,3,4). The van der Waals surface area contributed by atoms with E-state index in [9.17, 15) is 4.79 Å². The Bertz CT molecular complexity index is 304. The van der Waals surface area contributed by atoms with Gasteiger partial charge in [-0.05, 0) is 18.4 Å². The van der Waals surface area contributed by atoms with Crippen molar-refractivity contribution in [2.75, 3.05) is 13.7 Å². The van der Waals surface area contributed by atoms with Crippen LogP contribution in [-0.2, 0) is 11.2 Å². The number of hydrogen-bond donors (Lipinski definition) is 3. The number of aryl methyl sites for hydroxylation is 1. The maximum absolute atomic E-state index is 9.37. The molecule has 1 aromatic rings. The second-order valence-corrected chi connectivity index (χ2v) is 3.49. The van der Waals surface area contributed by atoms with E-state index in [0.717, 1.165) is 12.8 Å². The highest BCUT2D eigenvalue weighted by Crippen LogP contribution is 2.03. The Morgan fingerprint density at radius 2 is 1.94 bits per heavy atom. The zero-order chi connectivity index (χ0) is 13.1. The van der Waals surface area contributed by atoms with Gasteiger partial charge < -0.3 is 21.3 Å². The minimum Gasteiger partial charge on any atom is -0.453 e. The maximum atomic E-state index is 9.37. The van der Waals surface area contributed by atoms with Crippen LogP contribution in [-0.4, -0.2) is 31.0 Å². The zero-order valence-corrected chi connectivity index (χ0v) is 10.0. The lowest BCUT2D eigenvalue weighted by molar-refractivity contribution is 0.182. The number of aliphatic hydroxyl groups is 1. The lowest BCUT2D eigenvalue weighted by Crippen LogP contribution is -2.24. The van der Waals surface area contributed by atoms with E-state index in [2.05, 4.69) is 22.6 Å². The normalized spacial score (nSPS) is 11.0. The zero-order valence-electron chi connectivity index (χ0n) is 10.0. The van der Waals surface area contributed by atoms with E-state index in [0.29, 0.717) is 0 Å². The molecule has 96 valence electrons. The Labute approximate surface area is 101 Å². The van der Waals surface area contributed by atoms with Crippen molar-refractivity contribution in [1.82, 2.24) is 0 Å². The van der Waals surface area contributed by atoms with Gasteiger partial charge in [-0.2, -0.15) is 0 Å². The molecule has 1 unspecified atom stereocenters. The summed E-state index contributed by atoms with van der Waals surface area (Å²) in [7, 11) is 1.22. The van der Waals surface area contributed by atoms with Crippen LogP contribution >= 0.6 is 0 Å². The van der Waals surface area contributed by atoms with Gasteiger partial charge in [-0.15, -0.1) is 0 Å². The Hall–Kier alpha value is -1.59. The highest BCUT2D eigenvalue weighted by Gasteiger charge is 1.99. The van der Waals surface area contributed by atoms with Crippen molar-refractivity contribution in [2.24, 2.45) is 11.5 Å². The monoisotopic (exact) mass is 240 g/mol. The molecule has 1 rings (SSSR count). The van der Waals surface area contributed by atoms with Crippen molar-refractivity contribution in [1.29, 1.82) is 0 Å². The van der Waals surface area contributed by atoms with Gasteiger partial charge in [-0.1, -0.05) is 30.3 Å². The predicted molar refractivity (Wildman–Crippen MR) is 66.4 cm³/mol. The molecule has 1 aromatic carbocycles. The number of methoxy groups -OCH3 is 1. The van der Waals surface area contributed by atoms with Crippen molar-refractivity contribution in [3.63, 3.8) is 0 Å². The molecule has 0 heterocycles. The van der Waals surface area contributed by atoms with E-state index in [1.807, 2.05) is 18.2 Å². The first-order chi connectivity index (χ1) is 8.10. The quantitative estimate of drug-likeness (QED) is 0.719. The molecular weight excluding hydrogens is 220 g/mol. The number of carbonyl (C=O) groups excluding carboxylic acids is 1. The van der Waals surface area contributed by atoms with Crippen LogP contribution in [0.4, 0.5) is 4.79 Å². The second-order valence-electron chi connectivity index (χ2n) is 3.49. The lowest BCUT2D eigenvalue weighted by Gasteiger charge is -2.06. The molecule has 0 fully saturated rings. The molecule has 5 nitrogen and oxygen atoms in total. The molecule has 0 spiro atoms. The molecule has 0 aliphatic rings. The molecule has 0 aliphatic carbocycles. The number of carbonyl (C=O) groups is 1. The predicted octanol–water partition coefficient (Wildman–Crippen LogP) is 0.650. The van der Waals surface area contributed by atoms with Gasteiger partial charge in [-0.3, -0.25) is 0 Å². The summed E-state index contributed by atoms with van der Waals surface area (Å²) in [5, 5.41) is 8.69. The summed E-state index contributed by atoms with van der Waals surface area (Å²) in [6, 6.07) is 10.1. The van der Waals surface area contributed by atoms with E-state index >= 15 is 0 Å². The van der Waals surface area contributed by atoms with Crippen LogP contribution in [0.1, 0.15) is 12.0 Å². The third-order valence-electron chi connectivity index (χ3n) is 2.08. The lowest BCUT2D eigenvalue weighted by atomic mass is 10.1. The second kappa shape index (κ2) is 9.62. The molecule has 17 heavy (non-hydrogen) atoms. The smallest absolute Gasteiger partial charge is 0.404 e. The molecule has 5 heteroatoms. The van der Waals surface area contributed by atoms with Gasteiger partial charge in [0.2, 0.25) is 0 Å². The van der Waals surface area contributed by atoms with Gasteiger partial charge in [0.25, 0.3) is 0 Å². The van der Waals surface area contributed by atoms with Gasteiger partial charge >= 0.3 is 6.09 Å². The summed E-state index contributed by atoms with van der Waals surface area (Å²) in [5.74, 6) is 0. The van der Waals surface area contributed by atoms with Gasteiger partial charge in [0, 0.05) is 6.04 Å². The van der Waals surface area contributed by atoms with E-state index in [-0.39, 0.29) is 12.6 Å². The summed E-state index contributed by atoms with van der Waals surface area (Å²) in [6.45, 7) is 0.0762. The number of ether oxygens (including phenoxy) is 1. The van der Waals surface area contributed by atoms with Crippen molar-refractivity contribution in [2.45, 2.75) is 18.9 Å². The van der Waals surface area contributed by atoms with E-state index < -0.39 is 6.09 Å². The number of benzene rings is 1. The van der Waals surface area contributed by atoms with Crippen LogP contribution < -0.4 is 11.5 Å². The van der Waals surface area contributed by atoms with Crippen molar-refractivity contribution >= 4 is 6.09 Å².